The van der Waals surface area contributed by atoms with Crippen molar-refractivity contribution in [2.45, 2.75) is 19.9 Å². The number of aryl methyl sites for hydroxylation is 1. The monoisotopic (exact) mass is 246 g/mol. The maximum absolute atomic E-state index is 8.64. The summed E-state index contributed by atoms with van der Waals surface area (Å²) in [5, 5.41) is 14.9. The van der Waals surface area contributed by atoms with E-state index < -0.39 is 0 Å². The van der Waals surface area contributed by atoms with Crippen molar-refractivity contribution in [2.24, 2.45) is 0 Å². The van der Waals surface area contributed by atoms with E-state index in [2.05, 4.69) is 23.0 Å². The van der Waals surface area contributed by atoms with Gasteiger partial charge in [0.05, 0.1) is 19.3 Å². The summed E-state index contributed by atoms with van der Waals surface area (Å²) in [6.45, 7) is 2.94. The summed E-state index contributed by atoms with van der Waals surface area (Å²) in [4.78, 5) is 1.24. The van der Waals surface area contributed by atoms with Crippen LogP contribution in [0.2, 0.25) is 0 Å². The van der Waals surface area contributed by atoms with Crippen molar-refractivity contribution in [1.82, 2.24) is 9.78 Å². The highest BCUT2D eigenvalue weighted by Crippen LogP contribution is 2.15. The van der Waals surface area contributed by atoms with Crippen molar-refractivity contribution >= 4 is 11.3 Å². The van der Waals surface area contributed by atoms with Gasteiger partial charge in [0.2, 0.25) is 0 Å². The molecule has 2 rings (SSSR count). The second-order valence-electron chi connectivity index (χ2n) is 3.79. The van der Waals surface area contributed by atoms with Gasteiger partial charge in [0.15, 0.2) is 0 Å². The first-order valence-corrected chi connectivity index (χ1v) is 6.32. The third-order valence-corrected chi connectivity index (χ3v) is 3.12. The lowest BCUT2D eigenvalue weighted by Crippen LogP contribution is -1.97. The SMILES string of the molecule is Cc1cnn(Cc2cc(C#CCCO)cs2)c1. The van der Waals surface area contributed by atoms with Crippen molar-refractivity contribution < 1.29 is 5.11 Å². The van der Waals surface area contributed by atoms with Crippen molar-refractivity contribution in [3.05, 3.63) is 39.8 Å². The highest BCUT2D eigenvalue weighted by Gasteiger charge is 2.00. The summed E-state index contributed by atoms with van der Waals surface area (Å²) in [5.74, 6) is 5.94. The smallest absolute Gasteiger partial charge is 0.0752 e. The molecule has 2 aromatic rings. The maximum Gasteiger partial charge on any atom is 0.0752 e. The van der Waals surface area contributed by atoms with Crippen molar-refractivity contribution in [2.75, 3.05) is 6.61 Å². The number of aromatic nitrogens is 2. The number of aliphatic hydroxyl groups excluding tert-OH is 1. The lowest BCUT2D eigenvalue weighted by Gasteiger charge is -1.96. The van der Waals surface area contributed by atoms with Crippen LogP contribution in [0.4, 0.5) is 0 Å². The number of hydrogen-bond acceptors (Lipinski definition) is 3. The Bertz CT molecular complexity index is 545. The summed E-state index contributed by atoms with van der Waals surface area (Å²) in [6.07, 6.45) is 4.41. The second kappa shape index (κ2) is 5.67. The van der Waals surface area contributed by atoms with Crippen LogP contribution in [0.3, 0.4) is 0 Å². The van der Waals surface area contributed by atoms with Gasteiger partial charge in [-0.25, -0.2) is 0 Å². The van der Waals surface area contributed by atoms with Crippen molar-refractivity contribution in [3.63, 3.8) is 0 Å². The fourth-order valence-electron chi connectivity index (χ4n) is 1.46. The molecular formula is C13H14N2OS. The van der Waals surface area contributed by atoms with Crippen LogP contribution < -0.4 is 0 Å². The number of rotatable bonds is 3. The standard InChI is InChI=1S/C13H14N2OS/c1-11-7-14-15(8-11)9-13-6-12(10-17-13)4-2-3-5-16/h6-8,10,16H,3,5,9H2,1H3. The molecule has 0 radical (unpaired) electrons. The van der Waals surface area contributed by atoms with E-state index in [4.69, 9.17) is 5.11 Å². The maximum atomic E-state index is 8.64. The Morgan fingerprint density at radius 1 is 1.53 bits per heavy atom. The minimum atomic E-state index is 0.122. The molecule has 0 spiro atoms. The molecule has 0 aromatic carbocycles. The zero-order valence-electron chi connectivity index (χ0n) is 9.68. The fourth-order valence-corrected chi connectivity index (χ4v) is 2.27. The van der Waals surface area contributed by atoms with E-state index in [0.717, 1.165) is 12.1 Å². The fraction of sp³-hybridized carbons (Fsp3) is 0.308. The van der Waals surface area contributed by atoms with Crippen molar-refractivity contribution in [1.29, 1.82) is 0 Å². The highest BCUT2D eigenvalue weighted by molar-refractivity contribution is 7.10. The minimum absolute atomic E-state index is 0.122. The van der Waals surface area contributed by atoms with Crippen LogP contribution in [-0.2, 0) is 6.54 Å². The normalized spacial score (nSPS) is 10.0. The highest BCUT2D eigenvalue weighted by atomic mass is 32.1. The zero-order chi connectivity index (χ0) is 12.1. The predicted molar refractivity (Wildman–Crippen MR) is 69.0 cm³/mol. The van der Waals surface area contributed by atoms with Crippen LogP contribution in [-0.4, -0.2) is 21.5 Å². The van der Waals surface area contributed by atoms with Gasteiger partial charge in [0.1, 0.15) is 0 Å². The van der Waals surface area contributed by atoms with Gasteiger partial charge in [-0.3, -0.25) is 4.68 Å². The van der Waals surface area contributed by atoms with Gasteiger partial charge in [0, 0.05) is 28.4 Å². The first kappa shape index (κ1) is 11.9. The molecule has 0 saturated heterocycles. The molecule has 0 aliphatic heterocycles. The van der Waals surface area contributed by atoms with Crippen LogP contribution in [0, 0.1) is 18.8 Å². The summed E-state index contributed by atoms with van der Waals surface area (Å²) in [5.41, 5.74) is 2.19. The number of thiophene rings is 1. The quantitative estimate of drug-likeness (QED) is 0.842. The van der Waals surface area contributed by atoms with Crippen LogP contribution in [0.25, 0.3) is 0 Å². The van der Waals surface area contributed by atoms with Gasteiger partial charge in [-0.2, -0.15) is 5.10 Å². The van der Waals surface area contributed by atoms with E-state index in [1.165, 1.54) is 10.4 Å². The van der Waals surface area contributed by atoms with E-state index in [9.17, 15) is 0 Å². The average Bonchev–Trinajstić information content (AvgIpc) is 2.90. The molecule has 0 unspecified atom stereocenters. The van der Waals surface area contributed by atoms with E-state index in [0.29, 0.717) is 6.42 Å². The second-order valence-corrected chi connectivity index (χ2v) is 4.79. The zero-order valence-corrected chi connectivity index (χ0v) is 10.5. The third-order valence-electron chi connectivity index (χ3n) is 2.20. The van der Waals surface area contributed by atoms with Crippen LogP contribution in [0.1, 0.15) is 22.4 Å². The van der Waals surface area contributed by atoms with Crippen LogP contribution >= 0.6 is 11.3 Å². The topological polar surface area (TPSA) is 38.0 Å². The predicted octanol–water partition coefficient (Wildman–Crippen LogP) is 2.04. The molecule has 0 amide bonds. The van der Waals surface area contributed by atoms with Gasteiger partial charge < -0.3 is 5.11 Å². The average molecular weight is 246 g/mol. The lowest BCUT2D eigenvalue weighted by atomic mass is 10.3. The van der Waals surface area contributed by atoms with E-state index >= 15 is 0 Å². The van der Waals surface area contributed by atoms with Gasteiger partial charge in [-0.15, -0.1) is 11.3 Å². The molecule has 0 saturated carbocycles. The molecule has 0 fully saturated rings. The minimum Gasteiger partial charge on any atom is -0.395 e. The molecule has 88 valence electrons. The largest absolute Gasteiger partial charge is 0.395 e. The summed E-state index contributed by atoms with van der Waals surface area (Å²) < 4.78 is 1.92. The van der Waals surface area contributed by atoms with Gasteiger partial charge in [0.25, 0.3) is 0 Å². The molecule has 2 aromatic heterocycles. The lowest BCUT2D eigenvalue weighted by molar-refractivity contribution is 0.305. The van der Waals surface area contributed by atoms with Gasteiger partial charge >= 0.3 is 0 Å². The van der Waals surface area contributed by atoms with E-state index in [1.807, 2.05) is 29.4 Å². The molecule has 17 heavy (non-hydrogen) atoms. The molecule has 4 heteroatoms. The first-order valence-electron chi connectivity index (χ1n) is 5.44. The molecule has 1 N–H and O–H groups in total. The molecular weight excluding hydrogens is 232 g/mol. The molecule has 3 nitrogen and oxygen atoms in total. The van der Waals surface area contributed by atoms with Gasteiger partial charge in [-0.1, -0.05) is 11.8 Å². The Balaban J connectivity index is 2.02. The van der Waals surface area contributed by atoms with E-state index in [-0.39, 0.29) is 6.61 Å². The third kappa shape index (κ3) is 3.45. The molecule has 0 aliphatic rings. The number of nitrogens with zero attached hydrogens (tertiary/aromatic N) is 2. The van der Waals surface area contributed by atoms with Crippen LogP contribution in [0.5, 0.6) is 0 Å². The Morgan fingerprint density at radius 3 is 3.12 bits per heavy atom. The summed E-state index contributed by atoms with van der Waals surface area (Å²) >= 11 is 1.69. The summed E-state index contributed by atoms with van der Waals surface area (Å²) in [7, 11) is 0. The van der Waals surface area contributed by atoms with Gasteiger partial charge in [-0.05, 0) is 18.6 Å². The summed E-state index contributed by atoms with van der Waals surface area (Å²) in [6, 6.07) is 2.08. The van der Waals surface area contributed by atoms with E-state index in [1.54, 1.807) is 11.3 Å². The number of hydrogen-bond donors (Lipinski definition) is 1. The molecule has 2 heterocycles. The van der Waals surface area contributed by atoms with Crippen molar-refractivity contribution in [3.8, 4) is 11.8 Å². The Hall–Kier alpha value is -1.57. The Kier molecular flexibility index (Phi) is 3.97. The molecule has 0 atom stereocenters. The molecule has 0 bridgehead atoms. The molecule has 0 aliphatic carbocycles. The Morgan fingerprint density at radius 2 is 2.41 bits per heavy atom. The Labute approximate surface area is 105 Å². The number of aliphatic hydroxyl groups is 1. The first-order chi connectivity index (χ1) is 8.28. The van der Waals surface area contributed by atoms with Crippen LogP contribution in [0.15, 0.2) is 23.8 Å².